The lowest BCUT2D eigenvalue weighted by molar-refractivity contribution is -0.124. The van der Waals surface area contributed by atoms with Gasteiger partial charge in [-0.05, 0) is 54.8 Å². The number of carbonyl (C=O) groups is 3. The number of carbonyl (C=O) groups excluding carboxylic acids is 3. The Hall–Kier alpha value is -4.38. The van der Waals surface area contributed by atoms with Crippen molar-refractivity contribution in [3.05, 3.63) is 125 Å². The van der Waals surface area contributed by atoms with Crippen LogP contribution >= 0.6 is 0 Å². The number of hydrogen-bond acceptors (Lipinski definition) is 4. The highest BCUT2D eigenvalue weighted by Crippen LogP contribution is 2.45. The second-order valence-electron chi connectivity index (χ2n) is 8.49. The minimum absolute atomic E-state index is 0.145. The van der Waals surface area contributed by atoms with Crippen LogP contribution in [0.3, 0.4) is 0 Å². The van der Waals surface area contributed by atoms with Gasteiger partial charge < -0.3 is 0 Å². The van der Waals surface area contributed by atoms with Crippen molar-refractivity contribution in [2.24, 2.45) is 10.5 Å². The molecule has 2 aliphatic rings. The van der Waals surface area contributed by atoms with Gasteiger partial charge in [-0.25, -0.2) is 0 Å². The summed E-state index contributed by atoms with van der Waals surface area (Å²) >= 11 is 0. The second kappa shape index (κ2) is 8.52. The van der Waals surface area contributed by atoms with Crippen LogP contribution in [0.4, 0.5) is 5.69 Å². The summed E-state index contributed by atoms with van der Waals surface area (Å²) < 4.78 is 0. The van der Waals surface area contributed by atoms with E-state index in [1.165, 1.54) is 23.2 Å². The summed E-state index contributed by atoms with van der Waals surface area (Å²) in [5.41, 5.74) is 2.41. The number of aryl methyl sites for hydroxylation is 1. The summed E-state index contributed by atoms with van der Waals surface area (Å²) in [6.07, 6.45) is 3.97. The zero-order chi connectivity index (χ0) is 23.7. The van der Waals surface area contributed by atoms with Crippen molar-refractivity contribution in [3.8, 4) is 0 Å². The molecule has 3 aromatic carbocycles. The highest BCUT2D eigenvalue weighted by Gasteiger charge is 2.56. The maximum Gasteiger partial charge on any atom is 0.264 e. The summed E-state index contributed by atoms with van der Waals surface area (Å²) in [5.74, 6) is -1.05. The number of ketones is 2. The Morgan fingerprint density at radius 2 is 1.44 bits per heavy atom. The molecule has 1 aliphatic heterocycles. The molecular formula is C29H22N2O3. The third-order valence-corrected chi connectivity index (χ3v) is 6.21. The summed E-state index contributed by atoms with van der Waals surface area (Å²) in [6, 6.07) is 26.3. The lowest BCUT2D eigenvalue weighted by Crippen LogP contribution is -2.46. The standard InChI is InChI=1S/C29H22N2O3/c1-20-12-14-21(15-13-20)19-29(25-18-24(32)16-17-26(25)33)27(22-8-4-2-5-9-22)30-31(28(29)34)23-10-6-3-7-11-23/h2-18H,19H2,1H3. The molecule has 1 unspecified atom stereocenters. The normalized spacial score (nSPS) is 19.9. The van der Waals surface area contributed by atoms with Crippen molar-refractivity contribution < 1.29 is 14.4 Å². The summed E-state index contributed by atoms with van der Waals surface area (Å²) in [5, 5.41) is 6.14. The number of para-hydroxylation sites is 1. The Balaban J connectivity index is 1.77. The number of benzene rings is 3. The van der Waals surface area contributed by atoms with Crippen LogP contribution in [0.25, 0.3) is 0 Å². The average Bonchev–Trinajstić information content (AvgIpc) is 3.16. The lowest BCUT2D eigenvalue weighted by atomic mass is 9.67. The van der Waals surface area contributed by atoms with Crippen LogP contribution in [0.5, 0.6) is 0 Å². The SMILES string of the molecule is Cc1ccc(CC2(C3=CC(=O)C=CC3=O)C(=O)N(c3ccccc3)N=C2c2ccccc2)cc1. The Morgan fingerprint density at radius 3 is 2.12 bits per heavy atom. The molecule has 1 amide bonds. The van der Waals surface area contributed by atoms with Crippen molar-refractivity contribution in [2.45, 2.75) is 13.3 Å². The Labute approximate surface area is 197 Å². The molecule has 1 atom stereocenters. The van der Waals surface area contributed by atoms with E-state index in [9.17, 15) is 14.4 Å². The third kappa shape index (κ3) is 3.61. The molecule has 0 saturated heterocycles. The first-order valence-electron chi connectivity index (χ1n) is 11.1. The number of nitrogens with zero attached hydrogens (tertiary/aromatic N) is 2. The molecule has 0 fully saturated rings. The summed E-state index contributed by atoms with van der Waals surface area (Å²) in [4.78, 5) is 40.0. The average molecular weight is 447 g/mol. The molecule has 166 valence electrons. The van der Waals surface area contributed by atoms with Crippen LogP contribution in [0.1, 0.15) is 16.7 Å². The number of hydrazone groups is 1. The van der Waals surface area contributed by atoms with Gasteiger partial charge in [0, 0.05) is 5.57 Å². The number of hydrogen-bond donors (Lipinski definition) is 0. The van der Waals surface area contributed by atoms with Crippen molar-refractivity contribution in [1.82, 2.24) is 0 Å². The van der Waals surface area contributed by atoms with Crippen molar-refractivity contribution in [2.75, 3.05) is 5.01 Å². The molecule has 0 bridgehead atoms. The molecule has 0 radical (unpaired) electrons. The molecule has 5 rings (SSSR count). The van der Waals surface area contributed by atoms with Gasteiger partial charge in [-0.15, -0.1) is 0 Å². The van der Waals surface area contributed by atoms with Crippen molar-refractivity contribution in [1.29, 1.82) is 0 Å². The molecule has 0 N–H and O–H groups in total. The first-order chi connectivity index (χ1) is 16.5. The van der Waals surface area contributed by atoms with E-state index in [0.717, 1.165) is 16.7 Å². The fourth-order valence-corrected chi connectivity index (χ4v) is 4.51. The minimum atomic E-state index is -1.45. The van der Waals surface area contributed by atoms with E-state index < -0.39 is 5.41 Å². The molecule has 3 aromatic rings. The number of anilines is 1. The second-order valence-corrected chi connectivity index (χ2v) is 8.49. The van der Waals surface area contributed by atoms with Crippen LogP contribution in [-0.2, 0) is 20.8 Å². The Morgan fingerprint density at radius 1 is 0.794 bits per heavy atom. The third-order valence-electron chi connectivity index (χ3n) is 6.21. The Bertz CT molecular complexity index is 1370. The van der Waals surface area contributed by atoms with E-state index >= 15 is 0 Å². The zero-order valence-corrected chi connectivity index (χ0v) is 18.6. The fraction of sp³-hybridized carbons (Fsp3) is 0.103. The monoisotopic (exact) mass is 446 g/mol. The maximum absolute atomic E-state index is 14.3. The van der Waals surface area contributed by atoms with Gasteiger partial charge in [-0.2, -0.15) is 10.1 Å². The van der Waals surface area contributed by atoms with Gasteiger partial charge in [0.05, 0.1) is 11.4 Å². The molecule has 5 heteroatoms. The van der Waals surface area contributed by atoms with E-state index in [0.29, 0.717) is 11.4 Å². The summed E-state index contributed by atoms with van der Waals surface area (Å²) in [7, 11) is 0. The van der Waals surface area contributed by atoms with Gasteiger partial charge in [0.1, 0.15) is 5.41 Å². The van der Waals surface area contributed by atoms with Gasteiger partial charge >= 0.3 is 0 Å². The van der Waals surface area contributed by atoms with Crippen LogP contribution in [0, 0.1) is 12.3 Å². The highest BCUT2D eigenvalue weighted by atomic mass is 16.2. The van der Waals surface area contributed by atoms with E-state index in [-0.39, 0.29) is 29.5 Å². The van der Waals surface area contributed by atoms with Crippen molar-refractivity contribution in [3.63, 3.8) is 0 Å². The van der Waals surface area contributed by atoms with Gasteiger partial charge in [0.25, 0.3) is 5.91 Å². The topological polar surface area (TPSA) is 66.8 Å². The van der Waals surface area contributed by atoms with Gasteiger partial charge in [0.15, 0.2) is 11.6 Å². The maximum atomic E-state index is 14.3. The predicted molar refractivity (Wildman–Crippen MR) is 131 cm³/mol. The predicted octanol–water partition coefficient (Wildman–Crippen LogP) is 4.61. The first-order valence-corrected chi connectivity index (χ1v) is 11.1. The quantitative estimate of drug-likeness (QED) is 0.538. The first kappa shape index (κ1) is 21.5. The van der Waals surface area contributed by atoms with Crippen LogP contribution < -0.4 is 5.01 Å². The molecule has 0 aromatic heterocycles. The molecule has 5 nitrogen and oxygen atoms in total. The van der Waals surface area contributed by atoms with Gasteiger partial charge in [-0.3, -0.25) is 14.4 Å². The lowest BCUT2D eigenvalue weighted by Gasteiger charge is -2.32. The number of amides is 1. The smallest absolute Gasteiger partial charge is 0.264 e. The summed E-state index contributed by atoms with van der Waals surface area (Å²) in [6.45, 7) is 1.99. The van der Waals surface area contributed by atoms with Crippen LogP contribution in [-0.4, -0.2) is 23.2 Å². The molecular weight excluding hydrogens is 424 g/mol. The molecule has 0 saturated carbocycles. The number of rotatable bonds is 5. The van der Waals surface area contributed by atoms with Crippen molar-refractivity contribution >= 4 is 28.9 Å². The van der Waals surface area contributed by atoms with Gasteiger partial charge in [0.2, 0.25) is 0 Å². The van der Waals surface area contributed by atoms with E-state index in [2.05, 4.69) is 0 Å². The molecule has 34 heavy (non-hydrogen) atoms. The molecule has 1 heterocycles. The zero-order valence-electron chi connectivity index (χ0n) is 18.6. The largest absolute Gasteiger partial charge is 0.290 e. The van der Waals surface area contributed by atoms with Gasteiger partial charge in [-0.1, -0.05) is 78.4 Å². The highest BCUT2D eigenvalue weighted by molar-refractivity contribution is 6.33. The van der Waals surface area contributed by atoms with E-state index in [4.69, 9.17) is 5.10 Å². The molecule has 0 spiro atoms. The van der Waals surface area contributed by atoms with Crippen LogP contribution in [0.15, 0.2) is 114 Å². The van der Waals surface area contributed by atoms with E-state index in [1.54, 1.807) is 12.1 Å². The van der Waals surface area contributed by atoms with E-state index in [1.807, 2.05) is 79.7 Å². The van der Waals surface area contributed by atoms with Crippen LogP contribution in [0.2, 0.25) is 0 Å². The fourth-order valence-electron chi connectivity index (χ4n) is 4.51. The molecule has 1 aliphatic carbocycles. The minimum Gasteiger partial charge on any atom is -0.290 e. The number of allylic oxidation sites excluding steroid dienone is 3. The Kier molecular flexibility index (Phi) is 5.38.